The van der Waals surface area contributed by atoms with Crippen LogP contribution in [0.15, 0.2) is 34.7 Å². The molecule has 1 atom stereocenters. The van der Waals surface area contributed by atoms with Gasteiger partial charge >= 0.3 is 0 Å². The van der Waals surface area contributed by atoms with Crippen molar-refractivity contribution in [1.82, 2.24) is 10.2 Å². The number of fused-ring (bicyclic) bond motifs is 1. The SMILES string of the molecule is Cc1ccc(C(=O)Nc2cccc3c2CN(C2CCC(=O)NC2=O)C3=O)o1. The molecule has 27 heavy (non-hydrogen) atoms. The van der Waals surface area contributed by atoms with Gasteiger partial charge in [-0.05, 0) is 37.6 Å². The number of benzene rings is 1. The Morgan fingerprint density at radius 2 is 2.04 bits per heavy atom. The lowest BCUT2D eigenvalue weighted by Crippen LogP contribution is -2.52. The minimum Gasteiger partial charge on any atom is -0.456 e. The number of anilines is 1. The monoisotopic (exact) mass is 367 g/mol. The van der Waals surface area contributed by atoms with Crippen LogP contribution in [0.3, 0.4) is 0 Å². The molecule has 1 fully saturated rings. The number of hydrogen-bond donors (Lipinski definition) is 2. The molecular formula is C19H17N3O5. The molecule has 4 rings (SSSR count). The Kier molecular flexibility index (Phi) is 4.02. The van der Waals surface area contributed by atoms with E-state index in [1.54, 1.807) is 37.3 Å². The molecule has 1 unspecified atom stereocenters. The summed E-state index contributed by atoms with van der Waals surface area (Å²) < 4.78 is 5.32. The predicted molar refractivity (Wildman–Crippen MR) is 93.9 cm³/mol. The Morgan fingerprint density at radius 1 is 1.22 bits per heavy atom. The standard InChI is InChI=1S/C19H17N3O5/c1-10-5-7-15(27-10)18(25)20-13-4-2-3-11-12(13)9-22(19(11)26)14-6-8-16(23)21-17(14)24/h2-5,7,14H,6,8-9H2,1H3,(H,20,25)(H,21,23,24). The fourth-order valence-corrected chi connectivity index (χ4v) is 3.44. The van der Waals surface area contributed by atoms with E-state index in [1.807, 2.05) is 0 Å². The molecule has 1 saturated heterocycles. The first-order valence-electron chi connectivity index (χ1n) is 8.58. The topological polar surface area (TPSA) is 109 Å². The fraction of sp³-hybridized carbons (Fsp3) is 0.263. The Morgan fingerprint density at radius 3 is 2.74 bits per heavy atom. The summed E-state index contributed by atoms with van der Waals surface area (Å²) in [6.45, 7) is 1.93. The predicted octanol–water partition coefficient (Wildman–Crippen LogP) is 1.60. The van der Waals surface area contributed by atoms with Gasteiger partial charge in [0.25, 0.3) is 11.8 Å². The second-order valence-electron chi connectivity index (χ2n) is 6.60. The maximum absolute atomic E-state index is 12.8. The molecule has 3 heterocycles. The van der Waals surface area contributed by atoms with E-state index < -0.39 is 17.9 Å². The van der Waals surface area contributed by atoms with Crippen LogP contribution in [0, 0.1) is 6.92 Å². The smallest absolute Gasteiger partial charge is 0.291 e. The van der Waals surface area contributed by atoms with Crippen molar-refractivity contribution in [2.75, 3.05) is 5.32 Å². The van der Waals surface area contributed by atoms with Crippen LogP contribution in [0.1, 0.15) is 45.1 Å². The summed E-state index contributed by atoms with van der Waals surface area (Å²) in [5.41, 5.74) is 1.58. The lowest BCUT2D eigenvalue weighted by molar-refractivity contribution is -0.136. The fourth-order valence-electron chi connectivity index (χ4n) is 3.44. The highest BCUT2D eigenvalue weighted by molar-refractivity contribution is 6.08. The van der Waals surface area contributed by atoms with E-state index in [-0.39, 0.29) is 37.0 Å². The quantitative estimate of drug-likeness (QED) is 0.801. The van der Waals surface area contributed by atoms with E-state index in [2.05, 4.69) is 10.6 Å². The Balaban J connectivity index is 1.58. The van der Waals surface area contributed by atoms with Crippen LogP contribution < -0.4 is 10.6 Å². The van der Waals surface area contributed by atoms with Crippen molar-refractivity contribution in [3.8, 4) is 0 Å². The van der Waals surface area contributed by atoms with Crippen LogP contribution in [-0.2, 0) is 16.1 Å². The number of hydrogen-bond acceptors (Lipinski definition) is 5. The lowest BCUT2D eigenvalue weighted by atomic mass is 10.0. The van der Waals surface area contributed by atoms with Gasteiger partial charge in [-0.1, -0.05) is 6.07 Å². The van der Waals surface area contributed by atoms with Crippen molar-refractivity contribution in [2.24, 2.45) is 0 Å². The first-order chi connectivity index (χ1) is 12.9. The molecule has 8 nitrogen and oxygen atoms in total. The average molecular weight is 367 g/mol. The van der Waals surface area contributed by atoms with Crippen LogP contribution in [0.2, 0.25) is 0 Å². The van der Waals surface area contributed by atoms with Crippen LogP contribution in [0.4, 0.5) is 5.69 Å². The molecule has 0 bridgehead atoms. The summed E-state index contributed by atoms with van der Waals surface area (Å²) in [5.74, 6) is -0.701. The van der Waals surface area contributed by atoms with E-state index in [0.29, 0.717) is 22.6 Å². The van der Waals surface area contributed by atoms with Crippen LogP contribution >= 0.6 is 0 Å². The van der Waals surface area contributed by atoms with Gasteiger partial charge in [0.1, 0.15) is 11.8 Å². The number of rotatable bonds is 3. The molecule has 0 aliphatic carbocycles. The normalized spacial score (nSPS) is 19.1. The van der Waals surface area contributed by atoms with Gasteiger partial charge in [-0.3, -0.25) is 24.5 Å². The molecule has 4 amide bonds. The van der Waals surface area contributed by atoms with Crippen molar-refractivity contribution >= 4 is 29.3 Å². The lowest BCUT2D eigenvalue weighted by Gasteiger charge is -2.29. The largest absolute Gasteiger partial charge is 0.456 e. The molecule has 2 aliphatic rings. The third-order valence-corrected chi connectivity index (χ3v) is 4.79. The number of imide groups is 1. The third kappa shape index (κ3) is 2.99. The van der Waals surface area contributed by atoms with Crippen molar-refractivity contribution < 1.29 is 23.6 Å². The van der Waals surface area contributed by atoms with Crippen LogP contribution in [-0.4, -0.2) is 34.6 Å². The average Bonchev–Trinajstić information content (AvgIpc) is 3.20. The number of carbonyl (C=O) groups excluding carboxylic acids is 4. The van der Waals surface area contributed by atoms with Gasteiger partial charge in [0, 0.05) is 29.8 Å². The third-order valence-electron chi connectivity index (χ3n) is 4.79. The minimum absolute atomic E-state index is 0.177. The Labute approximate surface area is 154 Å². The van der Waals surface area contributed by atoms with E-state index in [0.717, 1.165) is 0 Å². The second-order valence-corrected chi connectivity index (χ2v) is 6.60. The van der Waals surface area contributed by atoms with E-state index in [4.69, 9.17) is 4.42 Å². The van der Waals surface area contributed by atoms with Crippen molar-refractivity contribution in [3.63, 3.8) is 0 Å². The number of aryl methyl sites for hydroxylation is 1. The molecule has 1 aromatic heterocycles. The van der Waals surface area contributed by atoms with Crippen LogP contribution in [0.25, 0.3) is 0 Å². The Bertz CT molecular complexity index is 977. The zero-order valence-corrected chi connectivity index (χ0v) is 14.6. The second kappa shape index (κ2) is 6.39. The van der Waals surface area contributed by atoms with Gasteiger partial charge in [-0.25, -0.2) is 0 Å². The first-order valence-corrected chi connectivity index (χ1v) is 8.58. The summed E-state index contributed by atoms with van der Waals surface area (Å²) in [5, 5.41) is 5.04. The van der Waals surface area contributed by atoms with Gasteiger partial charge in [0.2, 0.25) is 11.8 Å². The number of furan rings is 1. The van der Waals surface area contributed by atoms with Gasteiger partial charge in [0.15, 0.2) is 5.76 Å². The zero-order chi connectivity index (χ0) is 19.1. The molecule has 0 spiro atoms. The van der Waals surface area contributed by atoms with E-state index in [9.17, 15) is 19.2 Å². The van der Waals surface area contributed by atoms with E-state index in [1.165, 1.54) is 4.90 Å². The summed E-state index contributed by atoms with van der Waals surface area (Å²) >= 11 is 0. The molecule has 2 aliphatic heterocycles. The van der Waals surface area contributed by atoms with Gasteiger partial charge < -0.3 is 14.6 Å². The molecule has 0 saturated carbocycles. The molecule has 0 radical (unpaired) electrons. The van der Waals surface area contributed by atoms with Gasteiger partial charge in [-0.15, -0.1) is 0 Å². The number of nitrogens with zero attached hydrogens (tertiary/aromatic N) is 1. The number of piperidine rings is 1. The Hall–Kier alpha value is -3.42. The first kappa shape index (κ1) is 17.0. The van der Waals surface area contributed by atoms with Gasteiger partial charge in [-0.2, -0.15) is 0 Å². The molecule has 2 N–H and O–H groups in total. The maximum atomic E-state index is 12.8. The van der Waals surface area contributed by atoms with Crippen molar-refractivity contribution in [2.45, 2.75) is 32.4 Å². The molecule has 2 aromatic rings. The van der Waals surface area contributed by atoms with Crippen molar-refractivity contribution in [1.29, 1.82) is 0 Å². The summed E-state index contributed by atoms with van der Waals surface area (Å²) in [4.78, 5) is 50.1. The van der Waals surface area contributed by atoms with Gasteiger partial charge in [0.05, 0.1) is 0 Å². The molecule has 138 valence electrons. The highest BCUT2D eigenvalue weighted by Crippen LogP contribution is 2.32. The zero-order valence-electron chi connectivity index (χ0n) is 14.6. The molecule has 1 aromatic carbocycles. The molecular weight excluding hydrogens is 350 g/mol. The van der Waals surface area contributed by atoms with E-state index >= 15 is 0 Å². The number of amides is 4. The summed E-state index contributed by atoms with van der Waals surface area (Å²) in [6.07, 6.45) is 0.482. The minimum atomic E-state index is -0.695. The highest BCUT2D eigenvalue weighted by atomic mass is 16.3. The summed E-state index contributed by atoms with van der Waals surface area (Å²) in [6, 6.07) is 7.61. The highest BCUT2D eigenvalue weighted by Gasteiger charge is 2.40. The maximum Gasteiger partial charge on any atom is 0.291 e. The number of nitrogens with one attached hydrogen (secondary N) is 2. The number of carbonyl (C=O) groups is 4. The molecule has 8 heteroatoms. The van der Waals surface area contributed by atoms with Crippen LogP contribution in [0.5, 0.6) is 0 Å². The van der Waals surface area contributed by atoms with Crippen molar-refractivity contribution in [3.05, 3.63) is 53.0 Å². The summed E-state index contributed by atoms with van der Waals surface area (Å²) in [7, 11) is 0.